The number of aromatic nitrogens is 1. The van der Waals surface area contributed by atoms with Gasteiger partial charge in [0.05, 0.1) is 11.5 Å². The van der Waals surface area contributed by atoms with E-state index in [4.69, 9.17) is 0 Å². The van der Waals surface area contributed by atoms with Gasteiger partial charge in [0.15, 0.2) is 0 Å². The van der Waals surface area contributed by atoms with Crippen molar-refractivity contribution in [1.82, 2.24) is 9.88 Å². The van der Waals surface area contributed by atoms with E-state index >= 15 is 0 Å². The highest BCUT2D eigenvalue weighted by Gasteiger charge is 2.21. The van der Waals surface area contributed by atoms with Gasteiger partial charge in [0.2, 0.25) is 11.8 Å². The molecule has 2 heterocycles. The molecule has 0 atom stereocenters. The molecule has 0 bridgehead atoms. The van der Waals surface area contributed by atoms with Crippen molar-refractivity contribution in [3.05, 3.63) is 54.7 Å². The van der Waals surface area contributed by atoms with Crippen LogP contribution in [0.2, 0.25) is 0 Å². The second-order valence-electron chi connectivity index (χ2n) is 5.96. The van der Waals surface area contributed by atoms with Crippen LogP contribution in [0.15, 0.2) is 54.7 Å². The fourth-order valence-corrected chi connectivity index (χ4v) is 3.48. The minimum absolute atomic E-state index is 0.0863. The van der Waals surface area contributed by atoms with Gasteiger partial charge in [-0.3, -0.25) is 9.59 Å². The number of nitrogens with one attached hydrogen (secondary N) is 1. The van der Waals surface area contributed by atoms with Crippen LogP contribution in [0.4, 0.5) is 11.5 Å². The lowest BCUT2D eigenvalue weighted by Crippen LogP contribution is -2.49. The van der Waals surface area contributed by atoms with Gasteiger partial charge in [-0.2, -0.15) is 0 Å². The molecule has 7 heteroatoms. The second kappa shape index (κ2) is 9.24. The summed E-state index contributed by atoms with van der Waals surface area (Å²) in [4.78, 5) is 32.6. The van der Waals surface area contributed by atoms with Crippen LogP contribution in [0, 0.1) is 0 Å². The van der Waals surface area contributed by atoms with Crippen LogP contribution in [-0.4, -0.2) is 59.4 Å². The number of carbonyl (C=O) groups excluding carboxylic acids is 2. The highest BCUT2D eigenvalue weighted by Crippen LogP contribution is 2.14. The number of pyridine rings is 1. The van der Waals surface area contributed by atoms with E-state index in [2.05, 4.69) is 15.2 Å². The number of nitrogens with zero attached hydrogens (tertiary/aromatic N) is 3. The van der Waals surface area contributed by atoms with Crippen LogP contribution >= 0.6 is 11.8 Å². The molecule has 1 aromatic carbocycles. The molecule has 136 valence electrons. The van der Waals surface area contributed by atoms with E-state index in [1.54, 1.807) is 6.20 Å². The lowest BCUT2D eigenvalue weighted by Gasteiger charge is -2.35. The number of rotatable bonds is 6. The van der Waals surface area contributed by atoms with Crippen LogP contribution in [0.1, 0.15) is 0 Å². The highest BCUT2D eigenvalue weighted by atomic mass is 32.2. The fourth-order valence-electron chi connectivity index (χ4n) is 2.77. The number of piperazine rings is 1. The summed E-state index contributed by atoms with van der Waals surface area (Å²) < 4.78 is 0. The predicted octanol–water partition coefficient (Wildman–Crippen LogP) is 2.10. The summed E-state index contributed by atoms with van der Waals surface area (Å²) in [5, 5.41) is 2.82. The topological polar surface area (TPSA) is 65.5 Å². The van der Waals surface area contributed by atoms with Gasteiger partial charge in [-0.05, 0) is 24.3 Å². The van der Waals surface area contributed by atoms with Gasteiger partial charge in [-0.1, -0.05) is 24.3 Å². The van der Waals surface area contributed by atoms with Gasteiger partial charge in [-0.25, -0.2) is 4.98 Å². The summed E-state index contributed by atoms with van der Waals surface area (Å²) in [5.41, 5.74) is 0.773. The van der Waals surface area contributed by atoms with E-state index in [0.717, 1.165) is 24.6 Å². The molecule has 0 spiro atoms. The maximum Gasteiger partial charge on any atom is 0.234 e. The summed E-state index contributed by atoms with van der Waals surface area (Å²) in [6, 6.07) is 15.2. The van der Waals surface area contributed by atoms with Gasteiger partial charge in [0.25, 0.3) is 0 Å². The molecule has 0 aliphatic carbocycles. The lowest BCUT2D eigenvalue weighted by molar-refractivity contribution is -0.128. The molecule has 0 saturated carbocycles. The Kier molecular flexibility index (Phi) is 6.49. The maximum atomic E-state index is 12.3. The lowest BCUT2D eigenvalue weighted by atomic mass is 10.3. The zero-order valence-electron chi connectivity index (χ0n) is 14.5. The Morgan fingerprint density at radius 3 is 2.38 bits per heavy atom. The van der Waals surface area contributed by atoms with Gasteiger partial charge in [0.1, 0.15) is 5.82 Å². The van der Waals surface area contributed by atoms with E-state index < -0.39 is 0 Å². The summed E-state index contributed by atoms with van der Waals surface area (Å²) in [5.74, 6) is 1.55. The molecule has 1 saturated heterocycles. The van der Waals surface area contributed by atoms with Crippen molar-refractivity contribution in [1.29, 1.82) is 0 Å². The fraction of sp³-hybridized carbons (Fsp3) is 0.316. The van der Waals surface area contributed by atoms with Crippen molar-refractivity contribution in [3.63, 3.8) is 0 Å². The number of anilines is 2. The van der Waals surface area contributed by atoms with Crippen molar-refractivity contribution in [2.24, 2.45) is 0 Å². The van der Waals surface area contributed by atoms with E-state index in [9.17, 15) is 9.59 Å². The maximum absolute atomic E-state index is 12.3. The van der Waals surface area contributed by atoms with Gasteiger partial charge >= 0.3 is 0 Å². The molecule has 1 aliphatic rings. The number of para-hydroxylation sites is 1. The largest absolute Gasteiger partial charge is 0.353 e. The monoisotopic (exact) mass is 370 g/mol. The van der Waals surface area contributed by atoms with E-state index in [1.165, 1.54) is 11.8 Å². The molecule has 2 amide bonds. The highest BCUT2D eigenvalue weighted by molar-refractivity contribution is 8.00. The molecule has 1 aliphatic heterocycles. The molecule has 0 unspecified atom stereocenters. The predicted molar refractivity (Wildman–Crippen MR) is 105 cm³/mol. The van der Waals surface area contributed by atoms with E-state index in [0.29, 0.717) is 18.8 Å². The molecular weight excluding hydrogens is 348 g/mol. The molecule has 0 radical (unpaired) electrons. The van der Waals surface area contributed by atoms with Crippen LogP contribution in [0.25, 0.3) is 0 Å². The van der Waals surface area contributed by atoms with Crippen LogP contribution in [0.5, 0.6) is 0 Å². The molecule has 1 aromatic heterocycles. The quantitative estimate of drug-likeness (QED) is 0.844. The van der Waals surface area contributed by atoms with E-state index in [-0.39, 0.29) is 17.6 Å². The summed E-state index contributed by atoms with van der Waals surface area (Å²) >= 11 is 1.35. The van der Waals surface area contributed by atoms with Crippen molar-refractivity contribution >= 4 is 35.1 Å². The molecule has 1 N–H and O–H groups in total. The van der Waals surface area contributed by atoms with Crippen LogP contribution in [0.3, 0.4) is 0 Å². The molecule has 26 heavy (non-hydrogen) atoms. The first-order valence-corrected chi connectivity index (χ1v) is 9.74. The minimum Gasteiger partial charge on any atom is -0.353 e. The smallest absolute Gasteiger partial charge is 0.234 e. The number of amides is 2. The standard InChI is InChI=1S/C19H22N4O2S/c24-18(21-16-6-2-1-3-7-16)14-26-15-19(25)23-12-10-22(11-13-23)17-8-4-5-9-20-17/h1-9H,10-15H2,(H,21,24). The van der Waals surface area contributed by atoms with Crippen LogP contribution < -0.4 is 10.2 Å². The average Bonchev–Trinajstić information content (AvgIpc) is 2.69. The average molecular weight is 370 g/mol. The molecule has 6 nitrogen and oxygen atoms in total. The number of carbonyl (C=O) groups is 2. The number of hydrogen-bond acceptors (Lipinski definition) is 5. The number of hydrogen-bond donors (Lipinski definition) is 1. The van der Waals surface area contributed by atoms with Gasteiger partial charge in [-0.15, -0.1) is 11.8 Å². The first-order valence-electron chi connectivity index (χ1n) is 8.59. The zero-order valence-corrected chi connectivity index (χ0v) is 15.3. The van der Waals surface area contributed by atoms with Gasteiger partial charge < -0.3 is 15.1 Å². The Labute approximate surface area is 157 Å². The molecule has 3 rings (SSSR count). The first-order chi connectivity index (χ1) is 12.7. The van der Waals surface area contributed by atoms with Crippen molar-refractivity contribution in [3.8, 4) is 0 Å². The molecular formula is C19H22N4O2S. The third-order valence-electron chi connectivity index (χ3n) is 4.12. The Morgan fingerprint density at radius 2 is 1.69 bits per heavy atom. The second-order valence-corrected chi connectivity index (χ2v) is 6.95. The molecule has 2 aromatic rings. The van der Waals surface area contributed by atoms with Crippen molar-refractivity contribution in [2.45, 2.75) is 0 Å². The first kappa shape index (κ1) is 18.3. The summed E-state index contributed by atoms with van der Waals surface area (Å²) in [6.45, 7) is 2.93. The summed E-state index contributed by atoms with van der Waals surface area (Å²) in [7, 11) is 0. The third kappa shape index (κ3) is 5.23. The van der Waals surface area contributed by atoms with Gasteiger partial charge in [0, 0.05) is 38.1 Å². The summed E-state index contributed by atoms with van der Waals surface area (Å²) in [6.07, 6.45) is 1.78. The zero-order chi connectivity index (χ0) is 18.2. The van der Waals surface area contributed by atoms with E-state index in [1.807, 2.05) is 53.4 Å². The normalized spacial score (nSPS) is 14.2. The number of benzene rings is 1. The Bertz CT molecular complexity index is 719. The Morgan fingerprint density at radius 1 is 0.962 bits per heavy atom. The third-order valence-corrected chi connectivity index (χ3v) is 5.04. The van der Waals surface area contributed by atoms with Crippen molar-refractivity contribution in [2.75, 3.05) is 47.9 Å². The SMILES string of the molecule is O=C(CSCC(=O)N1CCN(c2ccccn2)CC1)Nc1ccccc1. The molecule has 1 fully saturated rings. The number of thioether (sulfide) groups is 1. The Balaban J connectivity index is 1.36. The van der Waals surface area contributed by atoms with Crippen molar-refractivity contribution < 1.29 is 9.59 Å². The minimum atomic E-state index is -0.0889. The Hall–Kier alpha value is -2.54. The van der Waals surface area contributed by atoms with Crippen LogP contribution in [-0.2, 0) is 9.59 Å².